The van der Waals surface area contributed by atoms with Crippen LogP contribution in [0.25, 0.3) is 0 Å². The third-order valence-electron chi connectivity index (χ3n) is 1.52. The monoisotopic (exact) mass is 196 g/mol. The maximum absolute atomic E-state index is 8.69. The molecule has 0 bridgehead atoms. The summed E-state index contributed by atoms with van der Waals surface area (Å²) in [5.74, 6) is 0.703. The van der Waals surface area contributed by atoms with E-state index in [9.17, 15) is 0 Å². The van der Waals surface area contributed by atoms with E-state index in [1.165, 1.54) is 11.3 Å². The zero-order valence-electron chi connectivity index (χ0n) is 7.74. The Labute approximate surface area is 81.8 Å². The molecule has 1 heterocycles. The van der Waals surface area contributed by atoms with Crippen molar-refractivity contribution in [2.75, 3.05) is 32.5 Å². The molecule has 4 nitrogen and oxygen atoms in total. The van der Waals surface area contributed by atoms with E-state index in [2.05, 4.69) is 21.3 Å². The predicted octanol–water partition coefficient (Wildman–Crippen LogP) is 0.988. The number of likely N-dealkylation sites (N-methyl/N-ethyl adjacent to an activating group) is 1. The fourth-order valence-corrected chi connectivity index (χ4v) is 1.40. The molecule has 0 atom stereocenters. The number of hydrogen-bond acceptors (Lipinski definition) is 5. The average Bonchev–Trinajstić information content (AvgIpc) is 2.51. The van der Waals surface area contributed by atoms with Crippen molar-refractivity contribution in [2.24, 2.45) is 0 Å². The van der Waals surface area contributed by atoms with Gasteiger partial charge < -0.3 is 10.2 Å². The molecule has 1 rings (SSSR count). The first kappa shape index (κ1) is 9.96. The molecule has 0 radical (unpaired) electrons. The van der Waals surface area contributed by atoms with Crippen LogP contribution in [0.4, 0.5) is 5.82 Å². The van der Waals surface area contributed by atoms with Crippen molar-refractivity contribution in [3.63, 3.8) is 0 Å². The maximum Gasteiger partial charge on any atom is 0.155 e. The van der Waals surface area contributed by atoms with Crippen LogP contribution in [0.15, 0.2) is 5.51 Å². The highest BCUT2D eigenvalue weighted by Gasteiger charge is 2.03. The Morgan fingerprint density at radius 3 is 3.08 bits per heavy atom. The molecule has 1 aromatic rings. The molecule has 13 heavy (non-hydrogen) atoms. The summed E-state index contributed by atoms with van der Waals surface area (Å²) in [4.78, 5) is 6.78. The van der Waals surface area contributed by atoms with Gasteiger partial charge in [-0.15, -0.1) is 11.3 Å². The van der Waals surface area contributed by atoms with Crippen LogP contribution >= 0.6 is 11.3 Å². The first-order chi connectivity index (χ1) is 6.24. The zero-order chi connectivity index (χ0) is 9.68. The zero-order valence-corrected chi connectivity index (χ0v) is 8.56. The summed E-state index contributed by atoms with van der Waals surface area (Å²) in [7, 11) is 4.02. The summed E-state index contributed by atoms with van der Waals surface area (Å²) in [6, 6.07) is 2.09. The van der Waals surface area contributed by atoms with Crippen molar-refractivity contribution >= 4 is 17.2 Å². The molecule has 70 valence electrons. The number of aromatic nitrogens is 1. The van der Waals surface area contributed by atoms with Gasteiger partial charge in [0.25, 0.3) is 0 Å². The first-order valence-corrected chi connectivity index (χ1v) is 4.84. The number of rotatable bonds is 4. The van der Waals surface area contributed by atoms with Gasteiger partial charge in [0.1, 0.15) is 10.9 Å². The van der Waals surface area contributed by atoms with Crippen LogP contribution in [0.1, 0.15) is 4.88 Å². The minimum atomic E-state index is 0.652. The lowest BCUT2D eigenvalue weighted by Crippen LogP contribution is -2.21. The minimum absolute atomic E-state index is 0.652. The Bertz CT molecular complexity index is 299. The highest BCUT2D eigenvalue weighted by atomic mass is 32.1. The third-order valence-corrected chi connectivity index (χ3v) is 2.25. The van der Waals surface area contributed by atoms with Crippen LogP contribution in [-0.4, -0.2) is 37.1 Å². The largest absolute Gasteiger partial charge is 0.367 e. The second-order valence-electron chi connectivity index (χ2n) is 2.87. The number of hydrogen-bond donors (Lipinski definition) is 1. The molecular formula is C8H12N4S. The predicted molar refractivity (Wildman–Crippen MR) is 53.9 cm³/mol. The van der Waals surface area contributed by atoms with Crippen LogP contribution in [0.2, 0.25) is 0 Å². The lowest BCUT2D eigenvalue weighted by Gasteiger charge is -2.09. The Hall–Kier alpha value is -1.12. The fraction of sp³-hybridized carbons (Fsp3) is 0.500. The minimum Gasteiger partial charge on any atom is -0.367 e. The van der Waals surface area contributed by atoms with Gasteiger partial charge in [-0.05, 0) is 14.1 Å². The standard InChI is InChI=1S/C8H12N4S/c1-12(2)4-3-10-8-7(5-9)13-6-11-8/h6,10H,3-4H2,1-2H3. The van der Waals surface area contributed by atoms with E-state index >= 15 is 0 Å². The number of nitrogens with zero attached hydrogens (tertiary/aromatic N) is 3. The van der Waals surface area contributed by atoms with E-state index in [1.54, 1.807) is 5.51 Å². The molecular weight excluding hydrogens is 184 g/mol. The molecule has 0 aliphatic rings. The van der Waals surface area contributed by atoms with Crippen LogP contribution < -0.4 is 5.32 Å². The van der Waals surface area contributed by atoms with Crippen molar-refractivity contribution in [3.8, 4) is 6.07 Å². The van der Waals surface area contributed by atoms with E-state index in [0.29, 0.717) is 10.7 Å². The van der Waals surface area contributed by atoms with Crippen molar-refractivity contribution in [1.82, 2.24) is 9.88 Å². The summed E-state index contributed by atoms with van der Waals surface area (Å²) >= 11 is 1.36. The Kier molecular flexibility index (Phi) is 3.68. The van der Waals surface area contributed by atoms with Crippen molar-refractivity contribution in [3.05, 3.63) is 10.4 Å². The molecule has 0 saturated carbocycles. The molecule has 0 aromatic carbocycles. The summed E-state index contributed by atoms with van der Waals surface area (Å²) in [5, 5.41) is 11.8. The first-order valence-electron chi connectivity index (χ1n) is 3.96. The number of thiazole rings is 1. The number of nitriles is 1. The molecule has 1 N–H and O–H groups in total. The summed E-state index contributed by atoms with van der Waals surface area (Å²) in [6.45, 7) is 1.74. The molecule has 0 unspecified atom stereocenters. The number of nitrogens with one attached hydrogen (secondary N) is 1. The summed E-state index contributed by atoms with van der Waals surface area (Å²) in [6.07, 6.45) is 0. The average molecular weight is 196 g/mol. The topological polar surface area (TPSA) is 52.0 Å². The van der Waals surface area contributed by atoms with Gasteiger partial charge >= 0.3 is 0 Å². The third kappa shape index (κ3) is 3.01. The van der Waals surface area contributed by atoms with Gasteiger partial charge in [-0.1, -0.05) is 0 Å². The fourth-order valence-electron chi connectivity index (χ4n) is 0.849. The molecule has 0 amide bonds. The second-order valence-corrected chi connectivity index (χ2v) is 3.73. The van der Waals surface area contributed by atoms with Gasteiger partial charge in [-0.25, -0.2) is 4.98 Å². The van der Waals surface area contributed by atoms with Gasteiger partial charge in [0.2, 0.25) is 0 Å². The molecule has 0 saturated heterocycles. The molecule has 0 fully saturated rings. The van der Waals surface area contributed by atoms with Crippen LogP contribution in [0.3, 0.4) is 0 Å². The smallest absolute Gasteiger partial charge is 0.155 e. The lowest BCUT2D eigenvalue weighted by molar-refractivity contribution is 0.425. The summed E-state index contributed by atoms with van der Waals surface area (Å²) < 4.78 is 0. The van der Waals surface area contributed by atoms with Crippen molar-refractivity contribution in [1.29, 1.82) is 5.26 Å². The maximum atomic E-state index is 8.69. The van der Waals surface area contributed by atoms with E-state index in [1.807, 2.05) is 14.1 Å². The van der Waals surface area contributed by atoms with Crippen LogP contribution in [0.5, 0.6) is 0 Å². The molecule has 5 heteroatoms. The van der Waals surface area contributed by atoms with Crippen LogP contribution in [-0.2, 0) is 0 Å². The van der Waals surface area contributed by atoms with Gasteiger partial charge in [-0.3, -0.25) is 0 Å². The Morgan fingerprint density at radius 2 is 2.46 bits per heavy atom. The lowest BCUT2D eigenvalue weighted by atomic mass is 10.5. The second kappa shape index (κ2) is 4.80. The van der Waals surface area contributed by atoms with E-state index in [0.717, 1.165) is 13.1 Å². The van der Waals surface area contributed by atoms with Crippen molar-refractivity contribution < 1.29 is 0 Å². The normalized spacial score (nSPS) is 10.0. The molecule has 1 aromatic heterocycles. The van der Waals surface area contributed by atoms with Gasteiger partial charge in [-0.2, -0.15) is 5.26 Å². The van der Waals surface area contributed by atoms with Gasteiger partial charge in [0, 0.05) is 13.1 Å². The van der Waals surface area contributed by atoms with E-state index < -0.39 is 0 Å². The van der Waals surface area contributed by atoms with E-state index in [4.69, 9.17) is 5.26 Å². The molecule has 0 aliphatic carbocycles. The quantitative estimate of drug-likeness (QED) is 0.780. The highest BCUT2D eigenvalue weighted by molar-refractivity contribution is 7.10. The summed E-state index contributed by atoms with van der Waals surface area (Å²) in [5.41, 5.74) is 1.68. The van der Waals surface area contributed by atoms with Gasteiger partial charge in [0.15, 0.2) is 5.82 Å². The highest BCUT2D eigenvalue weighted by Crippen LogP contribution is 2.16. The SMILES string of the molecule is CN(C)CCNc1ncsc1C#N. The van der Waals surface area contributed by atoms with Crippen LogP contribution in [0, 0.1) is 11.3 Å². The number of anilines is 1. The van der Waals surface area contributed by atoms with Crippen molar-refractivity contribution in [2.45, 2.75) is 0 Å². The molecule has 0 spiro atoms. The van der Waals surface area contributed by atoms with E-state index in [-0.39, 0.29) is 0 Å². The molecule has 0 aliphatic heterocycles. The Morgan fingerprint density at radius 1 is 1.69 bits per heavy atom. The van der Waals surface area contributed by atoms with Gasteiger partial charge in [0.05, 0.1) is 5.51 Å². The Balaban J connectivity index is 2.41.